The molecule has 0 saturated heterocycles. The van der Waals surface area contributed by atoms with Crippen LogP contribution in [0.1, 0.15) is 11.3 Å². The number of nitrogens with one attached hydrogen (secondary N) is 1. The van der Waals surface area contributed by atoms with E-state index in [1.807, 2.05) is 35.1 Å². The first-order valence-electron chi connectivity index (χ1n) is 6.71. The Morgan fingerprint density at radius 1 is 1.10 bits per heavy atom. The van der Waals surface area contributed by atoms with Crippen molar-refractivity contribution in [2.45, 2.75) is 13.1 Å². The van der Waals surface area contributed by atoms with Crippen molar-refractivity contribution in [2.75, 3.05) is 5.32 Å². The van der Waals surface area contributed by atoms with Gasteiger partial charge >= 0.3 is 0 Å². The van der Waals surface area contributed by atoms with Gasteiger partial charge in [-0.25, -0.2) is 4.98 Å². The van der Waals surface area contributed by atoms with E-state index in [1.54, 1.807) is 6.20 Å². The largest absolute Gasteiger partial charge is 0.379 e. The van der Waals surface area contributed by atoms with Crippen LogP contribution in [-0.4, -0.2) is 14.8 Å². The highest BCUT2D eigenvalue weighted by atomic mass is 79.9. The Balaban J connectivity index is 1.66. The molecule has 4 nitrogen and oxygen atoms in total. The number of aromatic nitrogens is 3. The molecule has 0 aliphatic rings. The highest BCUT2D eigenvalue weighted by Crippen LogP contribution is 2.13. The average molecular weight is 343 g/mol. The first-order valence-corrected chi connectivity index (χ1v) is 7.50. The standard InChI is InChI=1S/C16H15BrN4/c17-16-7-2-6-15(20-16)11-18-14-5-1-4-13(10-14)12-21-9-3-8-19-21/h1-10,18H,11-12H2. The molecule has 1 aromatic carbocycles. The molecular weight excluding hydrogens is 328 g/mol. The van der Waals surface area contributed by atoms with Gasteiger partial charge in [0.15, 0.2) is 0 Å². The summed E-state index contributed by atoms with van der Waals surface area (Å²) in [5, 5.41) is 7.62. The highest BCUT2D eigenvalue weighted by Gasteiger charge is 1.99. The zero-order valence-corrected chi connectivity index (χ0v) is 13.0. The van der Waals surface area contributed by atoms with Gasteiger partial charge in [0.25, 0.3) is 0 Å². The Hall–Kier alpha value is -2.14. The number of halogens is 1. The summed E-state index contributed by atoms with van der Waals surface area (Å²) in [7, 11) is 0. The van der Waals surface area contributed by atoms with Crippen LogP contribution in [0.2, 0.25) is 0 Å². The zero-order valence-electron chi connectivity index (χ0n) is 11.4. The Bertz CT molecular complexity index is 710. The van der Waals surface area contributed by atoms with E-state index in [0.29, 0.717) is 6.54 Å². The summed E-state index contributed by atoms with van der Waals surface area (Å²) in [6.07, 6.45) is 3.76. The van der Waals surface area contributed by atoms with Crippen molar-refractivity contribution in [1.29, 1.82) is 0 Å². The van der Waals surface area contributed by atoms with Crippen molar-refractivity contribution in [3.8, 4) is 0 Å². The molecule has 0 radical (unpaired) electrons. The van der Waals surface area contributed by atoms with Crippen molar-refractivity contribution in [3.63, 3.8) is 0 Å². The summed E-state index contributed by atoms with van der Waals surface area (Å²) in [5.74, 6) is 0. The molecule has 0 unspecified atom stereocenters. The fourth-order valence-corrected chi connectivity index (χ4v) is 2.48. The van der Waals surface area contributed by atoms with E-state index in [-0.39, 0.29) is 0 Å². The molecule has 2 heterocycles. The summed E-state index contributed by atoms with van der Waals surface area (Å²) in [4.78, 5) is 4.41. The Labute approximate surface area is 132 Å². The van der Waals surface area contributed by atoms with Crippen LogP contribution in [0.3, 0.4) is 0 Å². The quantitative estimate of drug-likeness (QED) is 0.719. The maximum atomic E-state index is 4.41. The van der Waals surface area contributed by atoms with E-state index in [0.717, 1.165) is 22.5 Å². The van der Waals surface area contributed by atoms with Gasteiger partial charge in [-0.2, -0.15) is 5.10 Å². The molecule has 0 aliphatic heterocycles. The first kappa shape index (κ1) is 13.8. The molecule has 0 bridgehead atoms. The maximum Gasteiger partial charge on any atom is 0.106 e. The molecule has 21 heavy (non-hydrogen) atoms. The van der Waals surface area contributed by atoms with Gasteiger partial charge < -0.3 is 5.32 Å². The summed E-state index contributed by atoms with van der Waals surface area (Å²) in [6, 6.07) is 16.2. The molecule has 0 spiro atoms. The molecule has 3 aromatic rings. The van der Waals surface area contributed by atoms with Crippen LogP contribution < -0.4 is 5.32 Å². The van der Waals surface area contributed by atoms with Crippen LogP contribution in [0.25, 0.3) is 0 Å². The minimum Gasteiger partial charge on any atom is -0.379 e. The first-order chi connectivity index (χ1) is 10.3. The van der Waals surface area contributed by atoms with Crippen molar-refractivity contribution in [3.05, 3.63) is 76.8 Å². The Morgan fingerprint density at radius 2 is 2.00 bits per heavy atom. The number of nitrogens with zero attached hydrogens (tertiary/aromatic N) is 3. The third kappa shape index (κ3) is 3.92. The second-order valence-electron chi connectivity index (χ2n) is 4.71. The molecule has 0 fully saturated rings. The van der Waals surface area contributed by atoms with E-state index in [2.05, 4.69) is 55.6 Å². The number of anilines is 1. The van der Waals surface area contributed by atoms with Crippen molar-refractivity contribution < 1.29 is 0 Å². The molecule has 0 aliphatic carbocycles. The lowest BCUT2D eigenvalue weighted by atomic mass is 10.2. The summed E-state index contributed by atoms with van der Waals surface area (Å²) < 4.78 is 2.77. The lowest BCUT2D eigenvalue weighted by Gasteiger charge is -2.08. The minimum atomic E-state index is 0.699. The number of hydrogen-bond donors (Lipinski definition) is 1. The van der Waals surface area contributed by atoms with Crippen LogP contribution in [-0.2, 0) is 13.1 Å². The minimum absolute atomic E-state index is 0.699. The van der Waals surface area contributed by atoms with Gasteiger partial charge in [0.1, 0.15) is 4.60 Å². The summed E-state index contributed by atoms with van der Waals surface area (Å²) in [5.41, 5.74) is 3.30. The summed E-state index contributed by atoms with van der Waals surface area (Å²) in [6.45, 7) is 1.47. The van der Waals surface area contributed by atoms with Crippen molar-refractivity contribution in [1.82, 2.24) is 14.8 Å². The van der Waals surface area contributed by atoms with Crippen molar-refractivity contribution >= 4 is 21.6 Å². The van der Waals surface area contributed by atoms with Gasteiger partial charge in [0.2, 0.25) is 0 Å². The molecule has 106 valence electrons. The van der Waals surface area contributed by atoms with Gasteiger partial charge in [-0.15, -0.1) is 0 Å². The average Bonchev–Trinajstić information content (AvgIpc) is 2.99. The molecule has 0 saturated carbocycles. The monoisotopic (exact) mass is 342 g/mol. The predicted molar refractivity (Wildman–Crippen MR) is 87.0 cm³/mol. The Morgan fingerprint density at radius 3 is 2.81 bits per heavy atom. The molecule has 5 heteroatoms. The van der Waals surface area contributed by atoms with Gasteiger partial charge in [-0.1, -0.05) is 18.2 Å². The normalized spacial score (nSPS) is 10.5. The number of benzene rings is 1. The van der Waals surface area contributed by atoms with Crippen LogP contribution in [0.5, 0.6) is 0 Å². The Kier molecular flexibility index (Phi) is 4.31. The van der Waals surface area contributed by atoms with Crippen LogP contribution in [0, 0.1) is 0 Å². The number of hydrogen-bond acceptors (Lipinski definition) is 3. The second kappa shape index (κ2) is 6.54. The molecule has 0 amide bonds. The molecule has 1 N–H and O–H groups in total. The SMILES string of the molecule is Brc1cccc(CNc2cccc(Cn3cccn3)c2)n1. The lowest BCUT2D eigenvalue weighted by molar-refractivity contribution is 0.687. The fraction of sp³-hybridized carbons (Fsp3) is 0.125. The van der Waals surface area contributed by atoms with E-state index in [4.69, 9.17) is 0 Å². The van der Waals surface area contributed by atoms with E-state index < -0.39 is 0 Å². The third-order valence-electron chi connectivity index (χ3n) is 3.08. The highest BCUT2D eigenvalue weighted by molar-refractivity contribution is 9.10. The van der Waals surface area contributed by atoms with Gasteiger partial charge in [0.05, 0.1) is 18.8 Å². The van der Waals surface area contributed by atoms with Crippen LogP contribution >= 0.6 is 15.9 Å². The molecule has 3 rings (SSSR count). The second-order valence-corrected chi connectivity index (χ2v) is 5.52. The fourth-order valence-electron chi connectivity index (χ4n) is 2.10. The van der Waals surface area contributed by atoms with Crippen LogP contribution in [0.15, 0.2) is 65.5 Å². The van der Waals surface area contributed by atoms with Crippen molar-refractivity contribution in [2.24, 2.45) is 0 Å². The van der Waals surface area contributed by atoms with Gasteiger partial charge in [0, 0.05) is 18.1 Å². The van der Waals surface area contributed by atoms with Gasteiger partial charge in [-0.3, -0.25) is 4.68 Å². The molecular formula is C16H15BrN4. The zero-order chi connectivity index (χ0) is 14.5. The van der Waals surface area contributed by atoms with Gasteiger partial charge in [-0.05, 0) is 51.8 Å². The third-order valence-corrected chi connectivity index (χ3v) is 3.52. The smallest absolute Gasteiger partial charge is 0.106 e. The van der Waals surface area contributed by atoms with E-state index >= 15 is 0 Å². The van der Waals surface area contributed by atoms with E-state index in [9.17, 15) is 0 Å². The summed E-state index contributed by atoms with van der Waals surface area (Å²) >= 11 is 3.38. The predicted octanol–water partition coefficient (Wildman–Crippen LogP) is 3.70. The molecule has 0 atom stereocenters. The lowest BCUT2D eigenvalue weighted by Crippen LogP contribution is -2.03. The molecule has 2 aromatic heterocycles. The number of pyridine rings is 1. The van der Waals surface area contributed by atoms with Crippen LogP contribution in [0.4, 0.5) is 5.69 Å². The van der Waals surface area contributed by atoms with E-state index in [1.165, 1.54) is 5.56 Å². The maximum absolute atomic E-state index is 4.41. The number of rotatable bonds is 5. The topological polar surface area (TPSA) is 42.7 Å².